The molecule has 0 bridgehead atoms. The van der Waals surface area contributed by atoms with Crippen molar-refractivity contribution < 1.29 is 38.9 Å². The fourth-order valence-corrected chi connectivity index (χ4v) is 3.14. The first-order valence-electron chi connectivity index (χ1n) is 9.64. The molecule has 1 aliphatic rings. The largest absolute Gasteiger partial charge is 0.528 e. The van der Waals surface area contributed by atoms with E-state index >= 15 is 0 Å². The maximum atomic E-state index is 12.1. The highest BCUT2D eigenvalue weighted by molar-refractivity contribution is 5.73. The SMILES string of the molecule is CC(C)(C)OC(=O)ON1[C@H](CC(NCc2ccccc2)C(=O)O)CC[C@@H]1OC(=O)O. The summed E-state index contributed by atoms with van der Waals surface area (Å²) in [6, 6.07) is 7.81. The normalized spacial score (nSPS) is 20.4. The van der Waals surface area contributed by atoms with E-state index in [4.69, 9.17) is 19.4 Å². The van der Waals surface area contributed by atoms with Gasteiger partial charge in [0.2, 0.25) is 0 Å². The van der Waals surface area contributed by atoms with Crippen LogP contribution in [0.1, 0.15) is 45.6 Å². The standard InChI is InChI=1S/C20H28N2O8/c1-20(2,3)29-19(27)30-22-14(9-10-16(22)28-18(25)26)11-15(17(23)24)21-12-13-7-5-4-6-8-13/h4-8,14-16,21H,9-12H2,1-3H3,(H,23,24)(H,25,26)/t14-,15?,16-/m0/s1. The summed E-state index contributed by atoms with van der Waals surface area (Å²) in [6.07, 6.45) is -2.86. The van der Waals surface area contributed by atoms with E-state index in [1.165, 1.54) is 0 Å². The molecule has 10 heteroatoms. The van der Waals surface area contributed by atoms with Crippen LogP contribution in [-0.2, 0) is 25.7 Å². The predicted molar refractivity (Wildman–Crippen MR) is 104 cm³/mol. The Bertz CT molecular complexity index is 734. The summed E-state index contributed by atoms with van der Waals surface area (Å²) < 4.78 is 9.92. The number of hydroxylamine groups is 2. The first-order chi connectivity index (χ1) is 14.0. The van der Waals surface area contributed by atoms with Crippen molar-refractivity contribution in [3.63, 3.8) is 0 Å². The van der Waals surface area contributed by atoms with Crippen LogP contribution in [-0.4, -0.2) is 57.5 Å². The van der Waals surface area contributed by atoms with Gasteiger partial charge in [-0.15, -0.1) is 0 Å². The number of ether oxygens (including phenoxy) is 2. The summed E-state index contributed by atoms with van der Waals surface area (Å²) in [5.74, 6) is -1.06. The predicted octanol–water partition coefficient (Wildman–Crippen LogP) is 2.97. The lowest BCUT2D eigenvalue weighted by Gasteiger charge is -2.29. The van der Waals surface area contributed by atoms with Crippen LogP contribution in [0.5, 0.6) is 0 Å². The summed E-state index contributed by atoms with van der Waals surface area (Å²) in [5.41, 5.74) is 0.111. The molecule has 3 N–H and O–H groups in total. The fraction of sp³-hybridized carbons (Fsp3) is 0.550. The van der Waals surface area contributed by atoms with E-state index in [1.54, 1.807) is 20.8 Å². The topological polar surface area (TPSA) is 135 Å². The minimum absolute atomic E-state index is 0.0739. The Labute approximate surface area is 174 Å². The minimum atomic E-state index is -1.52. The van der Waals surface area contributed by atoms with Crippen LogP contribution in [0.2, 0.25) is 0 Å². The number of hydrogen-bond acceptors (Lipinski definition) is 8. The Morgan fingerprint density at radius 2 is 1.83 bits per heavy atom. The summed E-state index contributed by atoms with van der Waals surface area (Å²) in [7, 11) is 0. The molecule has 0 saturated carbocycles. The van der Waals surface area contributed by atoms with Gasteiger partial charge in [0.1, 0.15) is 11.6 Å². The van der Waals surface area contributed by atoms with Gasteiger partial charge in [0.15, 0.2) is 6.23 Å². The highest BCUT2D eigenvalue weighted by atomic mass is 16.8. The average Bonchev–Trinajstić information content (AvgIpc) is 2.98. The Hall–Kier alpha value is -2.85. The quantitative estimate of drug-likeness (QED) is 0.535. The molecular weight excluding hydrogens is 396 g/mol. The Balaban J connectivity index is 2.07. The lowest BCUT2D eigenvalue weighted by Crippen LogP contribution is -2.46. The highest BCUT2D eigenvalue weighted by Crippen LogP contribution is 2.29. The van der Waals surface area contributed by atoms with E-state index in [1.807, 2.05) is 30.3 Å². The van der Waals surface area contributed by atoms with Crippen LogP contribution >= 0.6 is 0 Å². The van der Waals surface area contributed by atoms with E-state index in [0.717, 1.165) is 10.6 Å². The van der Waals surface area contributed by atoms with Crippen molar-refractivity contribution in [2.75, 3.05) is 0 Å². The third kappa shape index (κ3) is 7.53. The molecule has 3 atom stereocenters. The number of carboxylic acids is 1. The molecule has 1 fully saturated rings. The zero-order valence-electron chi connectivity index (χ0n) is 17.2. The molecule has 1 aromatic carbocycles. The molecule has 0 aliphatic carbocycles. The molecule has 1 heterocycles. The van der Waals surface area contributed by atoms with Crippen molar-refractivity contribution in [3.05, 3.63) is 35.9 Å². The Morgan fingerprint density at radius 1 is 1.17 bits per heavy atom. The lowest BCUT2D eigenvalue weighted by molar-refractivity contribution is -0.219. The zero-order valence-corrected chi connectivity index (χ0v) is 17.2. The third-order valence-electron chi connectivity index (χ3n) is 4.40. The highest BCUT2D eigenvalue weighted by Gasteiger charge is 2.42. The van der Waals surface area contributed by atoms with Gasteiger partial charge in [-0.25, -0.2) is 9.59 Å². The van der Waals surface area contributed by atoms with E-state index in [-0.39, 0.29) is 12.8 Å². The number of nitrogens with zero attached hydrogens (tertiary/aromatic N) is 1. The minimum Gasteiger partial charge on any atom is -0.480 e. The summed E-state index contributed by atoms with van der Waals surface area (Å²) in [5, 5.41) is 22.6. The van der Waals surface area contributed by atoms with Gasteiger partial charge in [-0.2, -0.15) is 0 Å². The molecular formula is C20H28N2O8. The maximum Gasteiger partial charge on any atom is 0.528 e. The van der Waals surface area contributed by atoms with Crippen LogP contribution in [0.15, 0.2) is 30.3 Å². The monoisotopic (exact) mass is 424 g/mol. The van der Waals surface area contributed by atoms with Crippen LogP contribution in [0.25, 0.3) is 0 Å². The van der Waals surface area contributed by atoms with Gasteiger partial charge in [-0.3, -0.25) is 4.79 Å². The van der Waals surface area contributed by atoms with Crippen LogP contribution in [0, 0.1) is 0 Å². The molecule has 1 aliphatic heterocycles. The van der Waals surface area contributed by atoms with E-state index < -0.39 is 42.2 Å². The number of nitrogens with one attached hydrogen (secondary N) is 1. The molecule has 2 rings (SSSR count). The first kappa shape index (κ1) is 23.4. The van der Waals surface area contributed by atoms with Crippen molar-refractivity contribution in [3.8, 4) is 0 Å². The van der Waals surface area contributed by atoms with Crippen molar-refractivity contribution in [1.82, 2.24) is 10.4 Å². The smallest absolute Gasteiger partial charge is 0.480 e. The molecule has 1 unspecified atom stereocenters. The molecule has 0 aromatic heterocycles. The fourth-order valence-electron chi connectivity index (χ4n) is 3.14. The second-order valence-electron chi connectivity index (χ2n) is 7.98. The van der Waals surface area contributed by atoms with Crippen molar-refractivity contribution in [2.45, 2.75) is 70.5 Å². The summed E-state index contributed by atoms with van der Waals surface area (Å²) in [6.45, 7) is 5.32. The van der Waals surface area contributed by atoms with Crippen LogP contribution < -0.4 is 5.32 Å². The summed E-state index contributed by atoms with van der Waals surface area (Å²) in [4.78, 5) is 40.1. The molecule has 1 saturated heterocycles. The number of carbonyl (C=O) groups excluding carboxylic acids is 1. The molecule has 10 nitrogen and oxygen atoms in total. The number of carbonyl (C=O) groups is 3. The van der Waals surface area contributed by atoms with Gasteiger partial charge in [0, 0.05) is 13.0 Å². The van der Waals surface area contributed by atoms with Gasteiger partial charge >= 0.3 is 18.3 Å². The lowest BCUT2D eigenvalue weighted by atomic mass is 10.0. The molecule has 0 spiro atoms. The molecule has 0 amide bonds. The number of aliphatic carboxylic acids is 1. The van der Waals surface area contributed by atoms with E-state index in [9.17, 15) is 19.5 Å². The number of benzene rings is 1. The van der Waals surface area contributed by atoms with Gasteiger partial charge in [0.05, 0.1) is 6.04 Å². The van der Waals surface area contributed by atoms with Gasteiger partial charge in [-0.1, -0.05) is 35.4 Å². The van der Waals surface area contributed by atoms with Crippen molar-refractivity contribution >= 4 is 18.3 Å². The van der Waals surface area contributed by atoms with Gasteiger partial charge < -0.3 is 29.8 Å². The molecule has 1 aromatic rings. The number of hydrogen-bond donors (Lipinski definition) is 3. The van der Waals surface area contributed by atoms with Gasteiger partial charge in [0.25, 0.3) is 0 Å². The van der Waals surface area contributed by atoms with Crippen molar-refractivity contribution in [2.24, 2.45) is 0 Å². The first-order valence-corrected chi connectivity index (χ1v) is 9.64. The van der Waals surface area contributed by atoms with Crippen LogP contribution in [0.3, 0.4) is 0 Å². The second-order valence-corrected chi connectivity index (χ2v) is 7.98. The van der Waals surface area contributed by atoms with Crippen molar-refractivity contribution in [1.29, 1.82) is 0 Å². The maximum absolute atomic E-state index is 12.1. The van der Waals surface area contributed by atoms with E-state index in [2.05, 4.69) is 5.32 Å². The Kier molecular flexibility index (Phi) is 8.01. The van der Waals surface area contributed by atoms with Crippen LogP contribution in [0.4, 0.5) is 9.59 Å². The molecule has 0 radical (unpaired) electrons. The van der Waals surface area contributed by atoms with E-state index in [0.29, 0.717) is 13.0 Å². The number of carboxylic acid groups (broad SMARTS) is 2. The molecule has 166 valence electrons. The van der Waals surface area contributed by atoms with Gasteiger partial charge in [-0.05, 0) is 39.2 Å². The zero-order chi connectivity index (χ0) is 22.3. The molecule has 30 heavy (non-hydrogen) atoms. The second kappa shape index (κ2) is 10.3. The average molecular weight is 424 g/mol. The number of rotatable bonds is 8. The Morgan fingerprint density at radius 3 is 2.40 bits per heavy atom. The summed E-state index contributed by atoms with van der Waals surface area (Å²) >= 11 is 0. The third-order valence-corrected chi connectivity index (χ3v) is 4.40.